The Balaban J connectivity index is 1.85. The van der Waals surface area contributed by atoms with E-state index >= 15 is 0 Å². The lowest BCUT2D eigenvalue weighted by molar-refractivity contribution is -0.125. The Morgan fingerprint density at radius 1 is 1.47 bits per heavy atom. The molecular formula is C13H19N3O. The molecule has 1 saturated heterocycles. The third-order valence-corrected chi connectivity index (χ3v) is 3.18. The van der Waals surface area contributed by atoms with Gasteiger partial charge in [0, 0.05) is 18.8 Å². The SMILES string of the molecule is Nc1ccccc1CNC(=O)C1CCCNC1. The first-order valence-electron chi connectivity index (χ1n) is 6.09. The van der Waals surface area contributed by atoms with Gasteiger partial charge in [-0.15, -0.1) is 0 Å². The molecule has 2 rings (SSSR count). The van der Waals surface area contributed by atoms with Gasteiger partial charge >= 0.3 is 0 Å². The number of carbonyl (C=O) groups is 1. The van der Waals surface area contributed by atoms with Gasteiger partial charge in [-0.25, -0.2) is 0 Å². The van der Waals surface area contributed by atoms with Crippen molar-refractivity contribution >= 4 is 11.6 Å². The monoisotopic (exact) mass is 233 g/mol. The molecule has 0 aromatic heterocycles. The molecule has 1 aromatic carbocycles. The standard InChI is InChI=1S/C13H19N3O/c14-12-6-2-1-4-10(12)9-16-13(17)11-5-3-7-15-8-11/h1-2,4,6,11,15H,3,5,7-9,14H2,(H,16,17). The number of para-hydroxylation sites is 1. The van der Waals surface area contributed by atoms with Gasteiger partial charge in [-0.2, -0.15) is 0 Å². The predicted molar refractivity (Wildman–Crippen MR) is 68.3 cm³/mol. The number of piperidine rings is 1. The van der Waals surface area contributed by atoms with Crippen LogP contribution >= 0.6 is 0 Å². The van der Waals surface area contributed by atoms with E-state index in [-0.39, 0.29) is 11.8 Å². The summed E-state index contributed by atoms with van der Waals surface area (Å²) in [4.78, 5) is 11.9. The normalized spacial score (nSPS) is 19.9. The van der Waals surface area contributed by atoms with Crippen LogP contribution in [0.25, 0.3) is 0 Å². The number of nitrogens with one attached hydrogen (secondary N) is 2. The molecule has 4 nitrogen and oxygen atoms in total. The minimum atomic E-state index is 0.105. The van der Waals surface area contributed by atoms with E-state index in [1.807, 2.05) is 24.3 Å². The topological polar surface area (TPSA) is 67.1 Å². The van der Waals surface area contributed by atoms with Gasteiger partial charge in [-0.1, -0.05) is 18.2 Å². The first-order chi connectivity index (χ1) is 8.27. The van der Waals surface area contributed by atoms with Crippen molar-refractivity contribution in [3.63, 3.8) is 0 Å². The lowest BCUT2D eigenvalue weighted by Crippen LogP contribution is -2.40. The van der Waals surface area contributed by atoms with Gasteiger partial charge in [-0.05, 0) is 31.0 Å². The second-order valence-electron chi connectivity index (χ2n) is 4.46. The zero-order chi connectivity index (χ0) is 12.1. The second kappa shape index (κ2) is 5.68. The molecule has 0 aliphatic carbocycles. The quantitative estimate of drug-likeness (QED) is 0.679. The molecule has 0 radical (unpaired) electrons. The Kier molecular flexibility index (Phi) is 3.98. The van der Waals surface area contributed by atoms with Crippen LogP contribution in [0.2, 0.25) is 0 Å². The number of benzene rings is 1. The zero-order valence-corrected chi connectivity index (χ0v) is 9.91. The summed E-state index contributed by atoms with van der Waals surface area (Å²) in [6.45, 7) is 2.33. The minimum absolute atomic E-state index is 0.105. The molecule has 0 bridgehead atoms. The molecule has 1 heterocycles. The van der Waals surface area contributed by atoms with E-state index in [0.717, 1.165) is 37.2 Å². The summed E-state index contributed by atoms with van der Waals surface area (Å²) < 4.78 is 0. The van der Waals surface area contributed by atoms with E-state index < -0.39 is 0 Å². The largest absolute Gasteiger partial charge is 0.398 e. The van der Waals surface area contributed by atoms with Crippen molar-refractivity contribution in [3.8, 4) is 0 Å². The molecule has 0 spiro atoms. The van der Waals surface area contributed by atoms with Gasteiger partial charge in [0.05, 0.1) is 5.92 Å². The van der Waals surface area contributed by atoms with E-state index in [9.17, 15) is 4.79 Å². The molecule has 1 aromatic rings. The summed E-state index contributed by atoms with van der Waals surface area (Å²) >= 11 is 0. The Bertz CT molecular complexity index is 386. The molecule has 0 saturated carbocycles. The summed E-state index contributed by atoms with van der Waals surface area (Å²) in [7, 11) is 0. The smallest absolute Gasteiger partial charge is 0.224 e. The number of rotatable bonds is 3. The number of amides is 1. The van der Waals surface area contributed by atoms with Crippen LogP contribution in [0.1, 0.15) is 18.4 Å². The highest BCUT2D eigenvalue weighted by Crippen LogP contribution is 2.12. The molecule has 1 fully saturated rings. The van der Waals surface area contributed by atoms with Crippen LogP contribution < -0.4 is 16.4 Å². The van der Waals surface area contributed by atoms with Crippen LogP contribution in [0.5, 0.6) is 0 Å². The maximum Gasteiger partial charge on any atom is 0.224 e. The lowest BCUT2D eigenvalue weighted by Gasteiger charge is -2.22. The number of carbonyl (C=O) groups excluding carboxylic acids is 1. The van der Waals surface area contributed by atoms with Crippen molar-refractivity contribution in [1.29, 1.82) is 0 Å². The summed E-state index contributed by atoms with van der Waals surface area (Å²) in [6, 6.07) is 7.62. The molecule has 4 N–H and O–H groups in total. The second-order valence-corrected chi connectivity index (χ2v) is 4.46. The first kappa shape index (κ1) is 11.9. The highest BCUT2D eigenvalue weighted by Gasteiger charge is 2.20. The first-order valence-corrected chi connectivity index (χ1v) is 6.09. The number of hydrogen-bond donors (Lipinski definition) is 3. The number of nitrogens with two attached hydrogens (primary N) is 1. The van der Waals surface area contributed by atoms with Crippen molar-refractivity contribution in [2.75, 3.05) is 18.8 Å². The Hall–Kier alpha value is -1.55. The van der Waals surface area contributed by atoms with Crippen molar-refractivity contribution in [1.82, 2.24) is 10.6 Å². The van der Waals surface area contributed by atoms with Crippen molar-refractivity contribution in [2.45, 2.75) is 19.4 Å². The van der Waals surface area contributed by atoms with Crippen LogP contribution in [0.15, 0.2) is 24.3 Å². The summed E-state index contributed by atoms with van der Waals surface area (Å²) in [5.74, 6) is 0.231. The Labute approximate surface area is 102 Å². The third-order valence-electron chi connectivity index (χ3n) is 3.18. The van der Waals surface area contributed by atoms with E-state index in [1.165, 1.54) is 0 Å². The van der Waals surface area contributed by atoms with Crippen molar-refractivity contribution < 1.29 is 4.79 Å². The molecule has 17 heavy (non-hydrogen) atoms. The number of hydrogen-bond acceptors (Lipinski definition) is 3. The molecular weight excluding hydrogens is 214 g/mol. The Morgan fingerprint density at radius 3 is 3.00 bits per heavy atom. The highest BCUT2D eigenvalue weighted by atomic mass is 16.1. The number of nitrogen functional groups attached to an aromatic ring is 1. The third kappa shape index (κ3) is 3.20. The van der Waals surface area contributed by atoms with Gasteiger partial charge in [0.1, 0.15) is 0 Å². The maximum atomic E-state index is 11.9. The average molecular weight is 233 g/mol. The van der Waals surface area contributed by atoms with Gasteiger partial charge < -0.3 is 16.4 Å². The van der Waals surface area contributed by atoms with E-state index in [2.05, 4.69) is 10.6 Å². The fourth-order valence-electron chi connectivity index (χ4n) is 2.10. The fraction of sp³-hybridized carbons (Fsp3) is 0.462. The lowest BCUT2D eigenvalue weighted by atomic mass is 9.99. The van der Waals surface area contributed by atoms with Crippen LogP contribution in [0.3, 0.4) is 0 Å². The fourth-order valence-corrected chi connectivity index (χ4v) is 2.10. The molecule has 92 valence electrons. The van der Waals surface area contributed by atoms with Crippen LogP contribution in [-0.4, -0.2) is 19.0 Å². The van der Waals surface area contributed by atoms with Crippen LogP contribution in [0, 0.1) is 5.92 Å². The van der Waals surface area contributed by atoms with Crippen molar-refractivity contribution in [3.05, 3.63) is 29.8 Å². The maximum absolute atomic E-state index is 11.9. The van der Waals surface area contributed by atoms with E-state index in [1.54, 1.807) is 0 Å². The summed E-state index contributed by atoms with van der Waals surface area (Å²) in [5, 5.41) is 6.19. The predicted octanol–water partition coefficient (Wildman–Crippen LogP) is 0.885. The molecule has 1 aliphatic rings. The minimum Gasteiger partial charge on any atom is -0.398 e. The Morgan fingerprint density at radius 2 is 2.29 bits per heavy atom. The summed E-state index contributed by atoms with van der Waals surface area (Å²) in [5.41, 5.74) is 7.53. The van der Waals surface area contributed by atoms with Gasteiger partial charge in [-0.3, -0.25) is 4.79 Å². The van der Waals surface area contributed by atoms with Crippen LogP contribution in [0.4, 0.5) is 5.69 Å². The van der Waals surface area contributed by atoms with Gasteiger partial charge in [0.25, 0.3) is 0 Å². The zero-order valence-electron chi connectivity index (χ0n) is 9.91. The highest BCUT2D eigenvalue weighted by molar-refractivity contribution is 5.79. The molecule has 1 aliphatic heterocycles. The summed E-state index contributed by atoms with van der Waals surface area (Å²) in [6.07, 6.45) is 2.05. The average Bonchev–Trinajstić information content (AvgIpc) is 2.38. The molecule has 1 unspecified atom stereocenters. The number of anilines is 1. The van der Waals surface area contributed by atoms with E-state index in [4.69, 9.17) is 5.73 Å². The molecule has 1 atom stereocenters. The molecule has 4 heteroatoms. The van der Waals surface area contributed by atoms with Crippen molar-refractivity contribution in [2.24, 2.45) is 5.92 Å². The molecule has 1 amide bonds. The van der Waals surface area contributed by atoms with E-state index in [0.29, 0.717) is 6.54 Å². The van der Waals surface area contributed by atoms with Gasteiger partial charge in [0.2, 0.25) is 5.91 Å². The van der Waals surface area contributed by atoms with Gasteiger partial charge in [0.15, 0.2) is 0 Å². The van der Waals surface area contributed by atoms with Crippen LogP contribution in [-0.2, 0) is 11.3 Å².